The summed E-state index contributed by atoms with van der Waals surface area (Å²) in [5, 5.41) is 7.87. The van der Waals surface area contributed by atoms with E-state index in [0.29, 0.717) is 63.4 Å². The Morgan fingerprint density at radius 3 is 2.29 bits per heavy atom. The number of ether oxygens (including phenoxy) is 5. The molecule has 0 spiro atoms. The highest BCUT2D eigenvalue weighted by atomic mass is 28.3. The van der Waals surface area contributed by atoms with Gasteiger partial charge in [0.25, 0.3) is 5.91 Å². The van der Waals surface area contributed by atoms with Gasteiger partial charge in [-0.25, -0.2) is 9.59 Å². The van der Waals surface area contributed by atoms with E-state index in [4.69, 9.17) is 23.7 Å². The van der Waals surface area contributed by atoms with E-state index in [2.05, 4.69) is 85.7 Å². The van der Waals surface area contributed by atoms with E-state index in [1.165, 1.54) is 12.1 Å². The molecule has 2 N–H and O–H groups in total. The summed E-state index contributed by atoms with van der Waals surface area (Å²) in [4.78, 5) is 50.3. The van der Waals surface area contributed by atoms with Gasteiger partial charge in [0, 0.05) is 50.3 Å². The fraction of sp³-hybridized carbons (Fsp3) is 0.652. The number of amides is 2. The van der Waals surface area contributed by atoms with Gasteiger partial charge in [-0.2, -0.15) is 0 Å². The maximum Gasteiger partial charge on any atom is 0.407 e. The van der Waals surface area contributed by atoms with Gasteiger partial charge in [-0.1, -0.05) is 92.7 Å². The van der Waals surface area contributed by atoms with Crippen LogP contribution in [-0.4, -0.2) is 87.8 Å². The monoisotopic (exact) mass is 822 g/mol. The van der Waals surface area contributed by atoms with Gasteiger partial charge in [0.05, 0.1) is 14.7 Å². The number of esters is 1. The number of unbranched alkanes of at least 4 members (excludes halogenated alkanes) is 2. The molecule has 0 radical (unpaired) electrons. The first-order valence-corrected chi connectivity index (χ1v) is 23.7. The summed E-state index contributed by atoms with van der Waals surface area (Å²) < 4.78 is 27.9. The van der Waals surface area contributed by atoms with Gasteiger partial charge in [0.2, 0.25) is 0 Å². The van der Waals surface area contributed by atoms with E-state index >= 15 is 0 Å². The third kappa shape index (κ3) is 13.7. The predicted molar refractivity (Wildman–Crippen MR) is 229 cm³/mol. The molecule has 12 heteroatoms. The summed E-state index contributed by atoms with van der Waals surface area (Å²) in [6.45, 7) is 18.1. The Labute approximate surface area is 348 Å². The average Bonchev–Trinajstić information content (AvgIpc) is 3.14. The summed E-state index contributed by atoms with van der Waals surface area (Å²) in [6.07, 6.45) is 16.0. The molecule has 1 aliphatic heterocycles. The Hall–Kier alpha value is -3.58. The highest BCUT2D eigenvalue weighted by Gasteiger charge is 2.54. The van der Waals surface area contributed by atoms with Crippen molar-refractivity contribution in [1.82, 2.24) is 10.6 Å². The first kappa shape index (κ1) is 47.1. The highest BCUT2D eigenvalue weighted by Crippen LogP contribution is 2.53. The van der Waals surface area contributed by atoms with Crippen molar-refractivity contribution in [2.75, 3.05) is 33.2 Å². The van der Waals surface area contributed by atoms with Crippen LogP contribution in [0.3, 0.4) is 0 Å². The van der Waals surface area contributed by atoms with Crippen LogP contribution in [-0.2, 0) is 38.1 Å². The van der Waals surface area contributed by atoms with Gasteiger partial charge >= 0.3 is 12.1 Å². The molecule has 1 heterocycles. The standard InChI is InChI=1S/C46H70N2O9Si/c1-9-40(50)55-34-57-44(4,5)39(49)24-14-11-17-28-56-45(6,7)41(51)48-46(8)31-36(30-43(2,3)33-46)47-42(52)54-27-18-25-53-26-19-29-58(37-21-12-10-13-22-37)32-35-20-15-16-23-38(35)58/h9-10,12-13,15-16,20-23,35-36,38H,1,11,14,17-19,24-34H2,2-8H3,(H,47,52)(H,48,51). The molecule has 1 aromatic rings. The number of rotatable bonds is 24. The van der Waals surface area contributed by atoms with Gasteiger partial charge in [-0.05, 0) is 96.1 Å². The first-order valence-electron chi connectivity index (χ1n) is 21.2. The molecular formula is C46H70N2O9Si. The second-order valence-electron chi connectivity index (χ2n) is 18.5. The Bertz CT molecular complexity index is 1610. The van der Waals surface area contributed by atoms with Crippen LogP contribution in [0.2, 0.25) is 17.6 Å². The van der Waals surface area contributed by atoms with E-state index in [-0.39, 0.29) is 36.5 Å². The van der Waals surface area contributed by atoms with E-state index in [1.54, 1.807) is 32.9 Å². The van der Waals surface area contributed by atoms with Crippen molar-refractivity contribution in [3.8, 4) is 0 Å². The lowest BCUT2D eigenvalue weighted by Crippen LogP contribution is -2.62. The fourth-order valence-electron chi connectivity index (χ4n) is 9.20. The number of ketones is 1. The van der Waals surface area contributed by atoms with Crippen LogP contribution in [0.15, 0.2) is 67.3 Å². The number of allylic oxidation sites excluding steroid dienone is 4. The average molecular weight is 823 g/mol. The maximum absolute atomic E-state index is 13.5. The topological polar surface area (TPSA) is 138 Å². The second-order valence-corrected chi connectivity index (χ2v) is 23.0. The van der Waals surface area contributed by atoms with Crippen LogP contribution in [0.25, 0.3) is 0 Å². The smallest absolute Gasteiger partial charge is 0.407 e. The van der Waals surface area contributed by atoms with Crippen molar-refractivity contribution in [2.45, 2.75) is 147 Å². The molecule has 3 aliphatic rings. The van der Waals surface area contributed by atoms with Crippen molar-refractivity contribution in [1.29, 1.82) is 0 Å². The molecule has 5 atom stereocenters. The molecule has 2 amide bonds. The molecule has 58 heavy (non-hydrogen) atoms. The summed E-state index contributed by atoms with van der Waals surface area (Å²) in [7, 11) is -1.60. The molecule has 1 saturated carbocycles. The molecule has 11 nitrogen and oxygen atoms in total. The highest BCUT2D eigenvalue weighted by molar-refractivity contribution is 6.95. The van der Waals surface area contributed by atoms with Crippen molar-refractivity contribution in [2.24, 2.45) is 11.3 Å². The number of carbonyl (C=O) groups excluding carboxylic acids is 4. The van der Waals surface area contributed by atoms with Crippen molar-refractivity contribution in [3.63, 3.8) is 0 Å². The Morgan fingerprint density at radius 1 is 0.845 bits per heavy atom. The van der Waals surface area contributed by atoms with Crippen molar-refractivity contribution in [3.05, 3.63) is 67.3 Å². The van der Waals surface area contributed by atoms with Crippen LogP contribution in [0.5, 0.6) is 0 Å². The van der Waals surface area contributed by atoms with Crippen molar-refractivity contribution < 1.29 is 42.9 Å². The van der Waals surface area contributed by atoms with Gasteiger partial charge in [-0.15, -0.1) is 0 Å². The molecule has 1 saturated heterocycles. The molecule has 4 rings (SSSR count). The van der Waals surface area contributed by atoms with E-state index in [9.17, 15) is 19.2 Å². The van der Waals surface area contributed by atoms with Gasteiger partial charge in [-0.3, -0.25) is 9.59 Å². The number of fused-ring (bicyclic) bond motifs is 1. The number of carbonyl (C=O) groups is 4. The molecule has 322 valence electrons. The van der Waals surface area contributed by atoms with Crippen LogP contribution in [0.1, 0.15) is 106 Å². The SMILES string of the molecule is C=CC(=O)OCOC(C)(C)C(=O)CCCCCOC(C)(C)C(=O)NC1(C)CC(NC(=O)OCCCOCCC[Si]2(c3ccccc3)CC3C=CC=CC32)CC(C)(C)C1. The number of nitrogens with one attached hydrogen (secondary N) is 2. The molecule has 0 aromatic heterocycles. The third-order valence-corrected chi connectivity index (χ3v) is 17.9. The van der Waals surface area contributed by atoms with Gasteiger partial charge in [0.15, 0.2) is 12.6 Å². The molecule has 0 bridgehead atoms. The van der Waals surface area contributed by atoms with E-state index in [1.807, 2.05) is 6.92 Å². The minimum absolute atomic E-state index is 0.0887. The zero-order valence-electron chi connectivity index (χ0n) is 36.2. The molecule has 2 fully saturated rings. The number of alkyl carbamates (subject to hydrolysis) is 1. The van der Waals surface area contributed by atoms with Crippen LogP contribution in [0.4, 0.5) is 4.79 Å². The lowest BCUT2D eigenvalue weighted by molar-refractivity contribution is -0.171. The summed E-state index contributed by atoms with van der Waals surface area (Å²) in [5.74, 6) is -0.225. The molecule has 1 aromatic carbocycles. The quantitative estimate of drug-likeness (QED) is 0.0351. The fourth-order valence-corrected chi connectivity index (χ4v) is 14.9. The van der Waals surface area contributed by atoms with E-state index < -0.39 is 36.9 Å². The Balaban J connectivity index is 1.10. The zero-order chi connectivity index (χ0) is 42.5. The normalized spacial score (nSPS) is 24.8. The minimum atomic E-state index is -1.60. The molecule has 5 unspecified atom stereocenters. The number of benzene rings is 1. The minimum Gasteiger partial charge on any atom is -0.449 e. The third-order valence-electron chi connectivity index (χ3n) is 12.0. The van der Waals surface area contributed by atoms with Crippen LogP contribution < -0.4 is 15.8 Å². The summed E-state index contributed by atoms with van der Waals surface area (Å²) in [5.41, 5.74) is -2.15. The number of hydrogen-bond donors (Lipinski definition) is 2. The summed E-state index contributed by atoms with van der Waals surface area (Å²) >= 11 is 0. The Kier molecular flexibility index (Phi) is 17.1. The van der Waals surface area contributed by atoms with Crippen molar-refractivity contribution >= 4 is 37.0 Å². The van der Waals surface area contributed by atoms with Crippen LogP contribution in [0, 0.1) is 11.3 Å². The number of Topliss-reactive ketones (excluding diaryl/α,β-unsaturated/α-hetero) is 1. The lowest BCUT2D eigenvalue weighted by atomic mass is 9.66. The van der Waals surface area contributed by atoms with Crippen LogP contribution >= 0.6 is 0 Å². The van der Waals surface area contributed by atoms with Gasteiger partial charge in [0.1, 0.15) is 11.2 Å². The Morgan fingerprint density at radius 2 is 1.57 bits per heavy atom. The maximum atomic E-state index is 13.5. The first-order chi connectivity index (χ1) is 27.4. The number of hydrogen-bond acceptors (Lipinski definition) is 9. The zero-order valence-corrected chi connectivity index (χ0v) is 37.2. The molecule has 2 aliphatic carbocycles. The van der Waals surface area contributed by atoms with E-state index in [0.717, 1.165) is 31.8 Å². The predicted octanol–water partition coefficient (Wildman–Crippen LogP) is 7.85. The largest absolute Gasteiger partial charge is 0.449 e. The summed E-state index contributed by atoms with van der Waals surface area (Å²) in [6, 6.07) is 13.5. The van der Waals surface area contributed by atoms with Gasteiger partial charge < -0.3 is 34.3 Å². The lowest BCUT2D eigenvalue weighted by Gasteiger charge is -2.53. The second kappa shape index (κ2) is 21.1. The molecular weight excluding hydrogens is 753 g/mol.